The van der Waals surface area contributed by atoms with Crippen LogP contribution in [-0.2, 0) is 19.9 Å². The van der Waals surface area contributed by atoms with E-state index >= 15 is 0 Å². The highest BCUT2D eigenvalue weighted by Gasteiger charge is 2.11. The van der Waals surface area contributed by atoms with Crippen LogP contribution in [0.3, 0.4) is 0 Å². The summed E-state index contributed by atoms with van der Waals surface area (Å²) < 4.78 is 1.76. The second kappa shape index (κ2) is 5.52. The average molecular weight is 281 g/mol. The minimum atomic E-state index is 0.809. The number of nitrogens with one attached hydrogen (secondary N) is 1. The van der Waals surface area contributed by atoms with E-state index in [9.17, 15) is 0 Å². The first-order valence-corrected chi connectivity index (χ1v) is 7.25. The second-order valence-corrected chi connectivity index (χ2v) is 5.01. The van der Waals surface area contributed by atoms with Gasteiger partial charge in [0.15, 0.2) is 5.65 Å². The molecule has 0 amide bonds. The quantitative estimate of drug-likeness (QED) is 0.797. The number of aryl methyl sites for hydroxylation is 3. The van der Waals surface area contributed by atoms with E-state index in [-0.39, 0.29) is 0 Å². The van der Waals surface area contributed by atoms with Gasteiger partial charge in [-0.1, -0.05) is 32.0 Å². The third kappa shape index (κ3) is 2.35. The van der Waals surface area contributed by atoms with Gasteiger partial charge in [0.25, 0.3) is 0 Å². The highest BCUT2D eigenvalue weighted by molar-refractivity contribution is 5.88. The van der Waals surface area contributed by atoms with Crippen LogP contribution in [0, 0.1) is 0 Å². The van der Waals surface area contributed by atoms with Crippen LogP contribution >= 0.6 is 0 Å². The Hall–Kier alpha value is -2.43. The van der Waals surface area contributed by atoms with E-state index in [2.05, 4.69) is 52.4 Å². The molecule has 0 aliphatic rings. The Bertz CT molecular complexity index is 753. The first kappa shape index (κ1) is 13.5. The highest BCUT2D eigenvalue weighted by Crippen LogP contribution is 2.28. The molecular formula is C16H19N5. The number of benzene rings is 1. The fourth-order valence-corrected chi connectivity index (χ4v) is 2.58. The summed E-state index contributed by atoms with van der Waals surface area (Å²) in [4.78, 5) is 8.67. The molecule has 0 atom stereocenters. The molecule has 0 radical (unpaired) electrons. The Morgan fingerprint density at radius 3 is 2.48 bits per heavy atom. The van der Waals surface area contributed by atoms with Gasteiger partial charge in [-0.25, -0.2) is 9.97 Å². The van der Waals surface area contributed by atoms with E-state index in [1.807, 2.05) is 7.05 Å². The molecule has 2 aromatic heterocycles. The van der Waals surface area contributed by atoms with Crippen molar-refractivity contribution in [2.75, 3.05) is 5.32 Å². The van der Waals surface area contributed by atoms with Gasteiger partial charge in [-0.3, -0.25) is 4.68 Å². The Morgan fingerprint density at radius 1 is 1.10 bits per heavy atom. The largest absolute Gasteiger partial charge is 0.339 e. The van der Waals surface area contributed by atoms with Crippen molar-refractivity contribution in [1.82, 2.24) is 19.7 Å². The Morgan fingerprint density at radius 2 is 1.81 bits per heavy atom. The minimum absolute atomic E-state index is 0.809. The fourth-order valence-electron chi connectivity index (χ4n) is 2.58. The van der Waals surface area contributed by atoms with Gasteiger partial charge in [0, 0.05) is 12.7 Å². The highest BCUT2D eigenvalue weighted by atomic mass is 15.3. The van der Waals surface area contributed by atoms with Crippen LogP contribution < -0.4 is 5.32 Å². The van der Waals surface area contributed by atoms with Gasteiger partial charge in [-0.15, -0.1) is 0 Å². The Balaban J connectivity index is 2.10. The fraction of sp³-hybridized carbons (Fsp3) is 0.312. The molecule has 108 valence electrons. The normalized spacial score (nSPS) is 11.0. The topological polar surface area (TPSA) is 55.6 Å². The molecule has 0 fully saturated rings. The molecule has 2 heterocycles. The van der Waals surface area contributed by atoms with Crippen LogP contribution in [0.4, 0.5) is 11.5 Å². The molecule has 5 nitrogen and oxygen atoms in total. The van der Waals surface area contributed by atoms with Crippen molar-refractivity contribution in [3.8, 4) is 0 Å². The summed E-state index contributed by atoms with van der Waals surface area (Å²) in [5.41, 5.74) is 4.58. The van der Waals surface area contributed by atoms with Crippen LogP contribution in [-0.4, -0.2) is 19.7 Å². The van der Waals surface area contributed by atoms with Crippen LogP contribution in [0.25, 0.3) is 11.0 Å². The van der Waals surface area contributed by atoms with Crippen molar-refractivity contribution in [2.24, 2.45) is 7.05 Å². The molecule has 0 saturated carbocycles. The number of hydrogen-bond donors (Lipinski definition) is 1. The van der Waals surface area contributed by atoms with Crippen LogP contribution in [0.5, 0.6) is 0 Å². The molecule has 5 heteroatoms. The first-order chi connectivity index (χ1) is 10.2. The van der Waals surface area contributed by atoms with Gasteiger partial charge < -0.3 is 5.32 Å². The van der Waals surface area contributed by atoms with E-state index in [1.165, 1.54) is 11.1 Å². The predicted octanol–water partition coefficient (Wildman–Crippen LogP) is 3.23. The first-order valence-electron chi connectivity index (χ1n) is 7.25. The molecule has 0 bridgehead atoms. The number of aromatic nitrogens is 4. The number of para-hydroxylation sites is 1. The zero-order valence-electron chi connectivity index (χ0n) is 12.6. The van der Waals surface area contributed by atoms with Gasteiger partial charge in [0.1, 0.15) is 12.1 Å². The Kier molecular flexibility index (Phi) is 3.56. The molecule has 3 aromatic rings. The van der Waals surface area contributed by atoms with E-state index in [1.54, 1.807) is 17.2 Å². The summed E-state index contributed by atoms with van der Waals surface area (Å²) in [6.45, 7) is 4.33. The van der Waals surface area contributed by atoms with Gasteiger partial charge >= 0.3 is 0 Å². The Labute approximate surface area is 124 Å². The molecule has 1 aromatic carbocycles. The van der Waals surface area contributed by atoms with E-state index < -0.39 is 0 Å². The summed E-state index contributed by atoms with van der Waals surface area (Å²) in [7, 11) is 1.89. The summed E-state index contributed by atoms with van der Waals surface area (Å²) in [6, 6.07) is 6.43. The molecule has 0 aliphatic carbocycles. The lowest BCUT2D eigenvalue weighted by atomic mass is 10.0. The summed E-state index contributed by atoms with van der Waals surface area (Å²) in [6.07, 6.45) is 5.35. The van der Waals surface area contributed by atoms with Gasteiger partial charge in [-0.05, 0) is 24.0 Å². The van der Waals surface area contributed by atoms with E-state index in [0.717, 1.165) is 35.4 Å². The zero-order valence-corrected chi connectivity index (χ0v) is 12.6. The lowest BCUT2D eigenvalue weighted by molar-refractivity contribution is 0.785. The average Bonchev–Trinajstić information content (AvgIpc) is 2.90. The summed E-state index contributed by atoms with van der Waals surface area (Å²) in [5, 5.41) is 8.69. The molecular weight excluding hydrogens is 262 g/mol. The molecule has 3 rings (SSSR count). The van der Waals surface area contributed by atoms with Crippen molar-refractivity contribution >= 4 is 22.5 Å². The monoisotopic (exact) mass is 281 g/mol. The second-order valence-electron chi connectivity index (χ2n) is 5.01. The summed E-state index contributed by atoms with van der Waals surface area (Å²) in [5.74, 6) is 0.809. The van der Waals surface area contributed by atoms with Crippen molar-refractivity contribution < 1.29 is 0 Å². The third-order valence-electron chi connectivity index (χ3n) is 3.77. The van der Waals surface area contributed by atoms with Crippen molar-refractivity contribution in [2.45, 2.75) is 26.7 Å². The van der Waals surface area contributed by atoms with Gasteiger partial charge in [0.2, 0.25) is 0 Å². The number of rotatable bonds is 4. The minimum Gasteiger partial charge on any atom is -0.339 e. The van der Waals surface area contributed by atoms with E-state index in [0.29, 0.717) is 0 Å². The maximum absolute atomic E-state index is 4.39. The third-order valence-corrected chi connectivity index (χ3v) is 3.77. The smallest absolute Gasteiger partial charge is 0.163 e. The number of fused-ring (bicyclic) bond motifs is 1. The van der Waals surface area contributed by atoms with Gasteiger partial charge in [0.05, 0.1) is 11.6 Å². The predicted molar refractivity (Wildman–Crippen MR) is 84.8 cm³/mol. The SMILES string of the molecule is CCc1cccc(CC)c1Nc1ncnc2c1cnn2C. The molecule has 1 N–H and O–H groups in total. The number of nitrogens with zero attached hydrogens (tertiary/aromatic N) is 4. The van der Waals surface area contributed by atoms with Crippen molar-refractivity contribution in [3.05, 3.63) is 41.9 Å². The maximum atomic E-state index is 4.39. The summed E-state index contributed by atoms with van der Waals surface area (Å²) >= 11 is 0. The molecule has 0 aliphatic heterocycles. The standard InChI is InChI=1S/C16H19N5/c1-4-11-7-6-8-12(5-2)14(11)20-15-13-9-19-21(3)16(13)18-10-17-15/h6-10H,4-5H2,1-3H3,(H,17,18,20). The molecule has 21 heavy (non-hydrogen) atoms. The lowest BCUT2D eigenvalue weighted by Crippen LogP contribution is -2.02. The van der Waals surface area contributed by atoms with E-state index in [4.69, 9.17) is 0 Å². The van der Waals surface area contributed by atoms with Crippen LogP contribution in [0.1, 0.15) is 25.0 Å². The lowest BCUT2D eigenvalue weighted by Gasteiger charge is -2.15. The molecule has 0 spiro atoms. The zero-order chi connectivity index (χ0) is 14.8. The van der Waals surface area contributed by atoms with Crippen LogP contribution in [0.2, 0.25) is 0 Å². The number of anilines is 2. The number of hydrogen-bond acceptors (Lipinski definition) is 4. The van der Waals surface area contributed by atoms with Crippen molar-refractivity contribution in [1.29, 1.82) is 0 Å². The molecule has 0 unspecified atom stereocenters. The molecule has 0 saturated heterocycles. The van der Waals surface area contributed by atoms with Crippen LogP contribution in [0.15, 0.2) is 30.7 Å². The maximum Gasteiger partial charge on any atom is 0.163 e. The van der Waals surface area contributed by atoms with Crippen molar-refractivity contribution in [3.63, 3.8) is 0 Å². The van der Waals surface area contributed by atoms with Gasteiger partial charge in [-0.2, -0.15) is 5.10 Å².